The molecule has 0 aliphatic carbocycles. The Hall–Kier alpha value is -1.27. The van der Waals surface area contributed by atoms with E-state index in [-0.39, 0.29) is 31.5 Å². The fourth-order valence-corrected chi connectivity index (χ4v) is 8.66. The molecule has 0 amide bonds. The Morgan fingerprint density at radius 3 is 1.61 bits per heavy atom. The molecule has 0 unspecified atom stereocenters. The predicted octanol–water partition coefficient (Wildman–Crippen LogP) is 6.95. The van der Waals surface area contributed by atoms with Crippen molar-refractivity contribution in [2.75, 3.05) is 20.3 Å². The van der Waals surface area contributed by atoms with Crippen LogP contribution < -0.4 is 0 Å². The summed E-state index contributed by atoms with van der Waals surface area (Å²) < 4.78 is 33.1. The van der Waals surface area contributed by atoms with Crippen LogP contribution in [0.4, 0.5) is 0 Å². The molecule has 2 atom stereocenters. The summed E-state index contributed by atoms with van der Waals surface area (Å²) in [7, 11) is -1.30. The van der Waals surface area contributed by atoms with Gasteiger partial charge in [0.25, 0.3) is 0 Å². The first-order valence-electron chi connectivity index (χ1n) is 12.1. The molecule has 0 radical (unpaired) electrons. The maximum absolute atomic E-state index is 14.1. The monoisotopic (exact) mass is 491 g/mol. The molecule has 0 aliphatic rings. The second-order valence-electron chi connectivity index (χ2n) is 8.92. The Labute approximate surface area is 202 Å². The molecule has 2 aromatic carbocycles. The van der Waals surface area contributed by atoms with Crippen molar-refractivity contribution in [1.29, 1.82) is 0 Å². The minimum atomic E-state index is -3.45. The van der Waals surface area contributed by atoms with E-state index in [4.69, 9.17) is 13.5 Å². The van der Waals surface area contributed by atoms with Crippen LogP contribution in [-0.2, 0) is 31.3 Å². The Kier molecular flexibility index (Phi) is 11.5. The molecule has 2 rings (SSSR count). The lowest BCUT2D eigenvalue weighted by atomic mass is 10.2. The van der Waals surface area contributed by atoms with Gasteiger partial charge < -0.3 is 18.4 Å². The Morgan fingerprint density at radius 1 is 0.818 bits per heavy atom. The van der Waals surface area contributed by atoms with E-state index in [1.54, 1.807) is 0 Å². The average molecular weight is 492 g/mol. The van der Waals surface area contributed by atoms with Crippen LogP contribution >= 0.6 is 7.60 Å². The minimum absolute atomic E-state index is 0.0792. The van der Waals surface area contributed by atoms with Gasteiger partial charge in [0.1, 0.15) is 0 Å². The number of rotatable bonds is 15. The first-order chi connectivity index (χ1) is 15.8. The summed E-state index contributed by atoms with van der Waals surface area (Å²) in [5.41, 5.74) is 1.94. The third-order valence-corrected chi connectivity index (χ3v) is 13.2. The van der Waals surface area contributed by atoms with Crippen molar-refractivity contribution >= 4 is 15.9 Å². The van der Waals surface area contributed by atoms with Crippen LogP contribution in [0.25, 0.3) is 0 Å². The van der Waals surface area contributed by atoms with Gasteiger partial charge in [-0.15, -0.1) is 0 Å². The number of hydrogen-bond acceptors (Lipinski definition) is 5. The quantitative estimate of drug-likeness (QED) is 0.199. The minimum Gasteiger partial charge on any atom is -0.412 e. The molecule has 0 N–H and O–H groups in total. The first-order valence-corrected chi connectivity index (χ1v) is 16.3. The maximum atomic E-state index is 14.1. The Balaban J connectivity index is 2.28. The van der Waals surface area contributed by atoms with E-state index in [2.05, 4.69) is 32.6 Å². The van der Waals surface area contributed by atoms with Gasteiger partial charge in [0.2, 0.25) is 0 Å². The van der Waals surface area contributed by atoms with E-state index in [1.165, 1.54) is 0 Å². The molecule has 0 aliphatic heterocycles. The van der Waals surface area contributed by atoms with Crippen molar-refractivity contribution in [2.45, 2.75) is 71.2 Å². The number of nitrogens with zero attached hydrogens (tertiary/aromatic N) is 1. The Bertz CT molecular complexity index is 790. The first kappa shape index (κ1) is 28.0. The second kappa shape index (κ2) is 13.6. The summed E-state index contributed by atoms with van der Waals surface area (Å²) in [6.45, 7) is 9.27. The molecule has 0 saturated heterocycles. The van der Waals surface area contributed by atoms with Gasteiger partial charge in [-0.2, -0.15) is 0 Å². The van der Waals surface area contributed by atoms with Crippen LogP contribution in [0, 0.1) is 0 Å². The zero-order valence-electron chi connectivity index (χ0n) is 21.2. The molecule has 0 spiro atoms. The smallest absolute Gasteiger partial charge is 0.333 e. The maximum Gasteiger partial charge on any atom is 0.333 e. The summed E-state index contributed by atoms with van der Waals surface area (Å²) in [5.74, 6) is 0. The van der Waals surface area contributed by atoms with E-state index in [9.17, 15) is 4.57 Å². The van der Waals surface area contributed by atoms with Crippen LogP contribution in [0.5, 0.6) is 0 Å². The van der Waals surface area contributed by atoms with E-state index in [1.807, 2.05) is 74.8 Å². The molecular weight excluding hydrogens is 449 g/mol. The highest BCUT2D eigenvalue weighted by atomic mass is 31.2. The van der Waals surface area contributed by atoms with Crippen molar-refractivity contribution in [3.8, 4) is 0 Å². The molecule has 0 heterocycles. The zero-order chi connectivity index (χ0) is 24.3. The fraction of sp³-hybridized carbons (Fsp3) is 0.538. The lowest BCUT2D eigenvalue weighted by Crippen LogP contribution is -2.49. The number of benzene rings is 2. The van der Waals surface area contributed by atoms with Gasteiger partial charge in [0.05, 0.1) is 25.5 Å². The van der Waals surface area contributed by atoms with E-state index >= 15 is 0 Å². The summed E-state index contributed by atoms with van der Waals surface area (Å²) in [5, 5.41) is 0. The molecule has 184 valence electrons. The summed E-state index contributed by atoms with van der Waals surface area (Å²) in [4.78, 5) is 2.13. The largest absolute Gasteiger partial charge is 0.412 e. The van der Waals surface area contributed by atoms with Gasteiger partial charge in [-0.25, -0.2) is 0 Å². The van der Waals surface area contributed by atoms with Crippen molar-refractivity contribution in [3.05, 3.63) is 71.8 Å². The van der Waals surface area contributed by atoms with Gasteiger partial charge in [-0.1, -0.05) is 81.4 Å². The van der Waals surface area contributed by atoms with E-state index < -0.39 is 15.9 Å². The Morgan fingerprint density at radius 2 is 1.24 bits per heavy atom. The normalized spacial score (nSPS) is 14.4. The molecule has 0 aromatic heterocycles. The summed E-state index contributed by atoms with van der Waals surface area (Å²) >= 11 is 0. The summed E-state index contributed by atoms with van der Waals surface area (Å²) in [6, 6.07) is 22.8. The molecule has 33 heavy (non-hydrogen) atoms. The van der Waals surface area contributed by atoms with Gasteiger partial charge in [-0.05, 0) is 50.3 Å². The van der Waals surface area contributed by atoms with Crippen LogP contribution in [0.2, 0.25) is 18.1 Å². The average Bonchev–Trinajstić information content (AvgIpc) is 2.85. The lowest BCUT2D eigenvalue weighted by Gasteiger charge is -2.39. The van der Waals surface area contributed by atoms with E-state index in [0.29, 0.717) is 0 Å². The van der Waals surface area contributed by atoms with E-state index in [0.717, 1.165) is 29.3 Å². The number of hydrogen-bond donors (Lipinski definition) is 0. The van der Waals surface area contributed by atoms with Gasteiger partial charge in [0.15, 0.2) is 8.32 Å². The van der Waals surface area contributed by atoms with Crippen LogP contribution in [0.15, 0.2) is 60.7 Å². The van der Waals surface area contributed by atoms with Crippen LogP contribution in [-0.4, -0.2) is 45.6 Å². The standard InChI is InChI=1S/C26H42NO4PSi/c1-7-33(8-2,9-3)31-26(23(4)27(5)6)22-32(28,29-20-24-16-12-10-13-17-24)30-21-25-18-14-11-15-19-25/h10-19,23,26H,7-9,20-22H2,1-6H3/t23-,26+/m1/s1. The van der Waals surface area contributed by atoms with Crippen molar-refractivity contribution in [2.24, 2.45) is 0 Å². The van der Waals surface area contributed by atoms with Crippen molar-refractivity contribution in [3.63, 3.8) is 0 Å². The second-order valence-corrected chi connectivity index (χ2v) is 15.7. The van der Waals surface area contributed by atoms with Crippen molar-refractivity contribution < 1.29 is 18.0 Å². The molecular formula is C26H42NO4PSi. The van der Waals surface area contributed by atoms with Gasteiger partial charge in [-0.3, -0.25) is 4.57 Å². The molecule has 0 bridgehead atoms. The third kappa shape index (κ3) is 8.78. The highest BCUT2D eigenvalue weighted by molar-refractivity contribution is 7.53. The zero-order valence-corrected chi connectivity index (χ0v) is 23.1. The third-order valence-electron chi connectivity index (χ3n) is 6.63. The van der Waals surface area contributed by atoms with Gasteiger partial charge in [0, 0.05) is 6.04 Å². The van der Waals surface area contributed by atoms with Gasteiger partial charge >= 0.3 is 7.60 Å². The molecule has 7 heteroatoms. The van der Waals surface area contributed by atoms with Crippen molar-refractivity contribution in [1.82, 2.24) is 4.90 Å². The van der Waals surface area contributed by atoms with Crippen LogP contribution in [0.1, 0.15) is 38.8 Å². The number of likely N-dealkylation sites (N-methyl/N-ethyl adjacent to an activating group) is 1. The van der Waals surface area contributed by atoms with Crippen LogP contribution in [0.3, 0.4) is 0 Å². The molecule has 2 aromatic rings. The molecule has 0 fully saturated rings. The highest BCUT2D eigenvalue weighted by Gasteiger charge is 2.39. The predicted molar refractivity (Wildman–Crippen MR) is 140 cm³/mol. The lowest BCUT2D eigenvalue weighted by molar-refractivity contribution is 0.101. The highest BCUT2D eigenvalue weighted by Crippen LogP contribution is 2.51. The molecule has 0 saturated carbocycles. The summed E-state index contributed by atoms with van der Waals surface area (Å²) in [6.07, 6.45) is 0.00437. The topological polar surface area (TPSA) is 48.0 Å². The molecule has 5 nitrogen and oxygen atoms in total. The SMILES string of the molecule is CC[Si](CC)(CC)O[C@@H](CP(=O)(OCc1ccccc1)OCc1ccccc1)[C@@H](C)N(C)C. The fourth-order valence-electron chi connectivity index (χ4n) is 3.80.